The lowest BCUT2D eigenvalue weighted by Gasteiger charge is -2.17. The Kier molecular flexibility index (Phi) is 6.21. The highest BCUT2D eigenvalue weighted by Crippen LogP contribution is 2.22. The number of ether oxygens (including phenoxy) is 1. The summed E-state index contributed by atoms with van der Waals surface area (Å²) in [6, 6.07) is 6.14. The zero-order chi connectivity index (χ0) is 15.2. The number of amides is 1. The maximum Gasteiger partial charge on any atom is 0.224 e. The molecule has 0 aromatic heterocycles. The minimum atomic E-state index is 0.0801. The van der Waals surface area contributed by atoms with Crippen molar-refractivity contribution < 1.29 is 9.53 Å². The first-order valence-corrected chi connectivity index (χ1v) is 7.25. The summed E-state index contributed by atoms with van der Waals surface area (Å²) in [5, 5.41) is 2.99. The normalized spacial score (nSPS) is 11.4. The number of carbonyl (C=O) groups is 1. The standard InChI is InChI=1S/C17H27NO2/c1-6-13-9-14(12-20-5)11-15(10-13)18-16(19)7-8-17(2,3)4/h9-11H,6-8,12H2,1-5H3,(H,18,19). The lowest BCUT2D eigenvalue weighted by atomic mass is 9.90. The van der Waals surface area contributed by atoms with Crippen LogP contribution in [0.4, 0.5) is 5.69 Å². The van der Waals surface area contributed by atoms with E-state index in [1.165, 1.54) is 5.56 Å². The molecule has 0 saturated heterocycles. The molecule has 0 saturated carbocycles. The van der Waals surface area contributed by atoms with Crippen LogP contribution in [0, 0.1) is 5.41 Å². The molecule has 0 atom stereocenters. The summed E-state index contributed by atoms with van der Waals surface area (Å²) in [6.07, 6.45) is 2.39. The van der Waals surface area contributed by atoms with Crippen molar-refractivity contribution in [2.75, 3.05) is 12.4 Å². The highest BCUT2D eigenvalue weighted by Gasteiger charge is 2.13. The molecule has 3 heteroatoms. The van der Waals surface area contributed by atoms with E-state index in [1.54, 1.807) is 7.11 Å². The largest absolute Gasteiger partial charge is 0.380 e. The molecular formula is C17H27NO2. The fourth-order valence-electron chi connectivity index (χ4n) is 2.00. The topological polar surface area (TPSA) is 38.3 Å². The lowest BCUT2D eigenvalue weighted by Crippen LogP contribution is -2.15. The Morgan fingerprint density at radius 2 is 1.85 bits per heavy atom. The molecule has 1 N–H and O–H groups in total. The van der Waals surface area contributed by atoms with Crippen LogP contribution < -0.4 is 5.32 Å². The van der Waals surface area contributed by atoms with Gasteiger partial charge in [0.1, 0.15) is 0 Å². The van der Waals surface area contributed by atoms with Gasteiger partial charge in [-0.15, -0.1) is 0 Å². The van der Waals surface area contributed by atoms with E-state index >= 15 is 0 Å². The van der Waals surface area contributed by atoms with Crippen molar-refractivity contribution in [1.82, 2.24) is 0 Å². The van der Waals surface area contributed by atoms with Gasteiger partial charge in [0, 0.05) is 19.2 Å². The van der Waals surface area contributed by atoms with Gasteiger partial charge in [-0.2, -0.15) is 0 Å². The molecule has 1 amide bonds. The minimum Gasteiger partial charge on any atom is -0.380 e. The summed E-state index contributed by atoms with van der Waals surface area (Å²) in [4.78, 5) is 12.0. The fraction of sp³-hybridized carbons (Fsp3) is 0.588. The lowest BCUT2D eigenvalue weighted by molar-refractivity contribution is -0.116. The Labute approximate surface area is 122 Å². The van der Waals surface area contributed by atoms with Crippen LogP contribution in [0.25, 0.3) is 0 Å². The van der Waals surface area contributed by atoms with E-state index in [0.29, 0.717) is 13.0 Å². The minimum absolute atomic E-state index is 0.0801. The summed E-state index contributed by atoms with van der Waals surface area (Å²) in [5.74, 6) is 0.0801. The van der Waals surface area contributed by atoms with Crippen LogP contribution in [0.2, 0.25) is 0 Å². The van der Waals surface area contributed by atoms with Gasteiger partial charge in [0.15, 0.2) is 0 Å². The van der Waals surface area contributed by atoms with E-state index in [2.05, 4.69) is 39.1 Å². The van der Waals surface area contributed by atoms with Crippen molar-refractivity contribution in [2.24, 2.45) is 5.41 Å². The predicted octanol–water partition coefficient (Wildman–Crippen LogP) is 4.16. The van der Waals surface area contributed by atoms with Crippen molar-refractivity contribution in [3.63, 3.8) is 0 Å². The summed E-state index contributed by atoms with van der Waals surface area (Å²) in [6.45, 7) is 9.12. The molecule has 0 spiro atoms. The van der Waals surface area contributed by atoms with Gasteiger partial charge in [0.2, 0.25) is 5.91 Å². The van der Waals surface area contributed by atoms with Gasteiger partial charge in [-0.05, 0) is 41.5 Å². The number of nitrogens with one attached hydrogen (secondary N) is 1. The summed E-state index contributed by atoms with van der Waals surface area (Å²) >= 11 is 0. The highest BCUT2D eigenvalue weighted by atomic mass is 16.5. The molecule has 1 aromatic carbocycles. The number of rotatable bonds is 6. The van der Waals surface area contributed by atoms with Crippen molar-refractivity contribution in [1.29, 1.82) is 0 Å². The number of methoxy groups -OCH3 is 1. The summed E-state index contributed by atoms with van der Waals surface area (Å²) < 4.78 is 5.17. The molecule has 0 aliphatic heterocycles. The molecule has 1 aromatic rings. The maximum absolute atomic E-state index is 12.0. The van der Waals surface area contributed by atoms with E-state index in [1.807, 2.05) is 12.1 Å². The smallest absolute Gasteiger partial charge is 0.224 e. The predicted molar refractivity (Wildman–Crippen MR) is 83.9 cm³/mol. The highest BCUT2D eigenvalue weighted by molar-refractivity contribution is 5.90. The molecule has 0 aliphatic carbocycles. The third-order valence-corrected chi connectivity index (χ3v) is 3.16. The van der Waals surface area contributed by atoms with Crippen LogP contribution in [0.3, 0.4) is 0 Å². The van der Waals surface area contributed by atoms with Crippen LogP contribution >= 0.6 is 0 Å². The molecule has 0 fully saturated rings. The van der Waals surface area contributed by atoms with Crippen LogP contribution in [-0.4, -0.2) is 13.0 Å². The van der Waals surface area contributed by atoms with Gasteiger partial charge in [-0.3, -0.25) is 4.79 Å². The van der Waals surface area contributed by atoms with Crippen molar-refractivity contribution in [3.8, 4) is 0 Å². The zero-order valence-electron chi connectivity index (χ0n) is 13.4. The molecule has 112 valence electrons. The van der Waals surface area contributed by atoms with Crippen LogP contribution in [0.15, 0.2) is 18.2 Å². The van der Waals surface area contributed by atoms with Gasteiger partial charge in [-0.25, -0.2) is 0 Å². The second-order valence-corrected chi connectivity index (χ2v) is 6.43. The van der Waals surface area contributed by atoms with E-state index in [9.17, 15) is 4.79 Å². The SMILES string of the molecule is CCc1cc(COC)cc(NC(=O)CCC(C)(C)C)c1. The van der Waals surface area contributed by atoms with Gasteiger partial charge >= 0.3 is 0 Å². The molecule has 0 heterocycles. The molecule has 20 heavy (non-hydrogen) atoms. The summed E-state index contributed by atoms with van der Waals surface area (Å²) in [5.41, 5.74) is 3.36. The molecule has 0 radical (unpaired) electrons. The second-order valence-electron chi connectivity index (χ2n) is 6.43. The molecule has 0 bridgehead atoms. The quantitative estimate of drug-likeness (QED) is 0.848. The van der Waals surface area contributed by atoms with Crippen LogP contribution in [0.1, 0.15) is 51.7 Å². The zero-order valence-corrected chi connectivity index (χ0v) is 13.4. The van der Waals surface area contributed by atoms with Crippen molar-refractivity contribution in [2.45, 2.75) is 53.6 Å². The molecule has 3 nitrogen and oxygen atoms in total. The Bertz CT molecular complexity index is 447. The average Bonchev–Trinajstić information content (AvgIpc) is 2.35. The third-order valence-electron chi connectivity index (χ3n) is 3.16. The molecule has 0 aliphatic rings. The number of anilines is 1. The van der Waals surface area contributed by atoms with Gasteiger partial charge < -0.3 is 10.1 Å². The Morgan fingerprint density at radius 3 is 2.40 bits per heavy atom. The molecule has 0 unspecified atom stereocenters. The average molecular weight is 277 g/mol. The Morgan fingerprint density at radius 1 is 1.20 bits per heavy atom. The number of hydrogen-bond acceptors (Lipinski definition) is 2. The van der Waals surface area contributed by atoms with E-state index in [-0.39, 0.29) is 11.3 Å². The van der Waals surface area contributed by atoms with Gasteiger partial charge in [0.25, 0.3) is 0 Å². The van der Waals surface area contributed by atoms with Crippen molar-refractivity contribution in [3.05, 3.63) is 29.3 Å². The fourth-order valence-corrected chi connectivity index (χ4v) is 2.00. The number of aryl methyl sites for hydroxylation is 1. The summed E-state index contributed by atoms with van der Waals surface area (Å²) in [7, 11) is 1.68. The monoisotopic (exact) mass is 277 g/mol. The molecular weight excluding hydrogens is 250 g/mol. The number of benzene rings is 1. The van der Waals surface area contributed by atoms with Crippen LogP contribution in [0.5, 0.6) is 0 Å². The van der Waals surface area contributed by atoms with E-state index < -0.39 is 0 Å². The van der Waals surface area contributed by atoms with E-state index in [0.717, 1.165) is 24.1 Å². The molecule has 1 rings (SSSR count). The first kappa shape index (κ1) is 16.7. The third kappa shape index (κ3) is 6.20. The van der Waals surface area contributed by atoms with Crippen molar-refractivity contribution >= 4 is 11.6 Å². The Hall–Kier alpha value is -1.35. The van der Waals surface area contributed by atoms with Crippen LogP contribution in [-0.2, 0) is 22.6 Å². The maximum atomic E-state index is 12.0. The van der Waals surface area contributed by atoms with E-state index in [4.69, 9.17) is 4.74 Å². The number of hydrogen-bond donors (Lipinski definition) is 1. The van der Waals surface area contributed by atoms with Gasteiger partial charge in [0.05, 0.1) is 6.61 Å². The first-order valence-electron chi connectivity index (χ1n) is 7.25. The second kappa shape index (κ2) is 7.44. The number of carbonyl (C=O) groups excluding carboxylic acids is 1. The Balaban J connectivity index is 2.70. The first-order chi connectivity index (χ1) is 9.34. The van der Waals surface area contributed by atoms with Gasteiger partial charge in [-0.1, -0.05) is 33.8 Å².